The molecule has 0 saturated carbocycles. The van der Waals surface area contributed by atoms with Crippen molar-refractivity contribution < 1.29 is 5.11 Å². The Labute approximate surface area is 123 Å². The van der Waals surface area contributed by atoms with Gasteiger partial charge in [-0.15, -0.1) is 5.10 Å². The van der Waals surface area contributed by atoms with Crippen molar-refractivity contribution >= 4 is 23.8 Å². The van der Waals surface area contributed by atoms with Crippen LogP contribution in [0.3, 0.4) is 0 Å². The molecule has 0 fully saturated rings. The van der Waals surface area contributed by atoms with Crippen molar-refractivity contribution in [2.24, 2.45) is 5.92 Å². The van der Waals surface area contributed by atoms with Gasteiger partial charge in [0.15, 0.2) is 0 Å². The van der Waals surface area contributed by atoms with Gasteiger partial charge < -0.3 is 5.11 Å². The van der Waals surface area contributed by atoms with Gasteiger partial charge in [-0.25, -0.2) is 4.68 Å². The highest BCUT2D eigenvalue weighted by atomic mass is 35.5. The molecule has 0 spiro atoms. The lowest BCUT2D eigenvalue weighted by Gasteiger charge is -2.06. The van der Waals surface area contributed by atoms with Gasteiger partial charge in [0.1, 0.15) is 5.69 Å². The predicted molar refractivity (Wildman–Crippen MR) is 81.2 cm³/mol. The maximum absolute atomic E-state index is 9.33. The van der Waals surface area contributed by atoms with Gasteiger partial charge in [-0.2, -0.15) is 0 Å². The molecule has 0 saturated heterocycles. The number of rotatable bonds is 5. The monoisotopic (exact) mass is 291 g/mol. The molecular formula is C15H18ClN3O. The molecule has 0 unspecified atom stereocenters. The fourth-order valence-corrected chi connectivity index (χ4v) is 2.01. The summed E-state index contributed by atoms with van der Waals surface area (Å²) in [5.41, 5.74) is 2.47. The largest absolute Gasteiger partial charge is 0.390 e. The molecule has 0 bridgehead atoms. The van der Waals surface area contributed by atoms with Gasteiger partial charge in [0.25, 0.3) is 0 Å². The van der Waals surface area contributed by atoms with Crippen molar-refractivity contribution in [1.29, 1.82) is 0 Å². The molecular weight excluding hydrogens is 274 g/mol. The van der Waals surface area contributed by atoms with Crippen molar-refractivity contribution in [2.45, 2.75) is 27.0 Å². The average molecular weight is 292 g/mol. The summed E-state index contributed by atoms with van der Waals surface area (Å²) in [6, 6.07) is 7.57. The first kappa shape index (κ1) is 14.8. The van der Waals surface area contributed by atoms with E-state index < -0.39 is 0 Å². The highest BCUT2D eigenvalue weighted by molar-refractivity contribution is 6.30. The lowest BCUT2D eigenvalue weighted by Crippen LogP contribution is -2.08. The zero-order valence-electron chi connectivity index (χ0n) is 11.6. The average Bonchev–Trinajstić information content (AvgIpc) is 2.79. The summed E-state index contributed by atoms with van der Waals surface area (Å²) in [5.74, 6) is 0.464. The van der Waals surface area contributed by atoms with E-state index in [4.69, 9.17) is 11.6 Å². The van der Waals surface area contributed by atoms with Gasteiger partial charge in [0.2, 0.25) is 0 Å². The van der Waals surface area contributed by atoms with Crippen molar-refractivity contribution in [2.75, 3.05) is 0 Å². The number of nitrogens with zero attached hydrogens (tertiary/aromatic N) is 3. The lowest BCUT2D eigenvalue weighted by atomic mass is 10.2. The van der Waals surface area contributed by atoms with Crippen LogP contribution in [0.25, 0.3) is 12.2 Å². The van der Waals surface area contributed by atoms with Crippen LogP contribution < -0.4 is 0 Å². The normalized spacial score (nSPS) is 11.7. The van der Waals surface area contributed by atoms with E-state index in [9.17, 15) is 5.11 Å². The number of halogens is 1. The van der Waals surface area contributed by atoms with E-state index in [0.29, 0.717) is 16.6 Å². The van der Waals surface area contributed by atoms with E-state index in [1.807, 2.05) is 41.1 Å². The van der Waals surface area contributed by atoms with Gasteiger partial charge in [0.05, 0.1) is 12.3 Å². The minimum atomic E-state index is -0.113. The van der Waals surface area contributed by atoms with Gasteiger partial charge in [0, 0.05) is 11.6 Å². The molecule has 20 heavy (non-hydrogen) atoms. The fourth-order valence-electron chi connectivity index (χ4n) is 1.88. The number of aromatic nitrogens is 3. The number of aliphatic hydroxyl groups excluding tert-OH is 1. The quantitative estimate of drug-likeness (QED) is 0.920. The third-order valence-corrected chi connectivity index (χ3v) is 3.09. The Morgan fingerprint density at radius 1 is 1.25 bits per heavy atom. The maximum atomic E-state index is 9.33. The Morgan fingerprint density at radius 2 is 1.95 bits per heavy atom. The minimum absolute atomic E-state index is 0.113. The maximum Gasteiger partial charge on any atom is 0.115 e. The highest BCUT2D eigenvalue weighted by Gasteiger charge is 2.10. The smallest absolute Gasteiger partial charge is 0.115 e. The second-order valence-electron chi connectivity index (χ2n) is 5.04. The number of benzene rings is 1. The van der Waals surface area contributed by atoms with Crippen molar-refractivity contribution in [3.05, 3.63) is 46.2 Å². The Morgan fingerprint density at radius 3 is 2.55 bits per heavy atom. The van der Waals surface area contributed by atoms with E-state index in [0.717, 1.165) is 17.8 Å². The first-order valence-electron chi connectivity index (χ1n) is 6.57. The number of aliphatic hydroxyl groups is 1. The third-order valence-electron chi connectivity index (χ3n) is 2.84. The van der Waals surface area contributed by atoms with E-state index in [2.05, 4.69) is 24.2 Å². The van der Waals surface area contributed by atoms with Crippen LogP contribution in [0, 0.1) is 5.92 Å². The van der Waals surface area contributed by atoms with Gasteiger partial charge in [-0.1, -0.05) is 48.9 Å². The summed E-state index contributed by atoms with van der Waals surface area (Å²) in [5, 5.41) is 18.1. The summed E-state index contributed by atoms with van der Waals surface area (Å²) in [6.07, 6.45) is 3.89. The number of hydrogen-bond acceptors (Lipinski definition) is 3. The second-order valence-corrected chi connectivity index (χ2v) is 5.48. The molecule has 106 valence electrons. The molecule has 1 aromatic heterocycles. The highest BCUT2D eigenvalue weighted by Crippen LogP contribution is 2.15. The minimum Gasteiger partial charge on any atom is -0.390 e. The first-order chi connectivity index (χ1) is 9.60. The summed E-state index contributed by atoms with van der Waals surface area (Å²) in [6.45, 7) is 4.89. The van der Waals surface area contributed by atoms with Crippen LogP contribution in [0.5, 0.6) is 0 Å². The predicted octanol–water partition coefficient (Wildman–Crippen LogP) is 3.25. The molecule has 0 atom stereocenters. The van der Waals surface area contributed by atoms with Gasteiger partial charge >= 0.3 is 0 Å². The molecule has 1 heterocycles. The standard InChI is InChI=1S/C15H18ClN3O/c1-11(2)9-19-15(14(10-20)17-18-19)8-5-12-3-6-13(16)7-4-12/h3-8,11,20H,9-10H2,1-2H3/b8-5+. The Balaban J connectivity index is 2.26. The summed E-state index contributed by atoms with van der Waals surface area (Å²) >= 11 is 5.86. The van der Waals surface area contributed by atoms with E-state index in [1.54, 1.807) is 0 Å². The second kappa shape index (κ2) is 6.68. The van der Waals surface area contributed by atoms with Crippen LogP contribution in [0.2, 0.25) is 5.02 Å². The molecule has 0 aliphatic carbocycles. The summed E-state index contributed by atoms with van der Waals surface area (Å²) in [7, 11) is 0. The van der Waals surface area contributed by atoms with E-state index in [-0.39, 0.29) is 6.61 Å². The SMILES string of the molecule is CC(C)Cn1nnc(CO)c1/C=C/c1ccc(Cl)cc1. The molecule has 5 heteroatoms. The van der Waals surface area contributed by atoms with Crippen LogP contribution in [0.1, 0.15) is 30.8 Å². The molecule has 1 N–H and O–H groups in total. The van der Waals surface area contributed by atoms with Crippen LogP contribution >= 0.6 is 11.6 Å². The summed E-state index contributed by atoms with van der Waals surface area (Å²) in [4.78, 5) is 0. The third kappa shape index (κ3) is 3.68. The van der Waals surface area contributed by atoms with Crippen molar-refractivity contribution in [3.8, 4) is 0 Å². The lowest BCUT2D eigenvalue weighted by molar-refractivity contribution is 0.276. The van der Waals surface area contributed by atoms with Crippen LogP contribution in [0.15, 0.2) is 24.3 Å². The van der Waals surface area contributed by atoms with Crippen molar-refractivity contribution in [1.82, 2.24) is 15.0 Å². The van der Waals surface area contributed by atoms with Crippen LogP contribution in [0.4, 0.5) is 0 Å². The van der Waals surface area contributed by atoms with E-state index in [1.165, 1.54) is 0 Å². The molecule has 4 nitrogen and oxygen atoms in total. The molecule has 1 aromatic carbocycles. The topological polar surface area (TPSA) is 50.9 Å². The van der Waals surface area contributed by atoms with Gasteiger partial charge in [-0.05, 0) is 29.7 Å². The molecule has 0 aliphatic heterocycles. The fraction of sp³-hybridized carbons (Fsp3) is 0.333. The molecule has 2 rings (SSSR count). The zero-order chi connectivity index (χ0) is 14.5. The van der Waals surface area contributed by atoms with Crippen LogP contribution in [-0.4, -0.2) is 20.1 Å². The summed E-state index contributed by atoms with van der Waals surface area (Å²) < 4.78 is 1.82. The van der Waals surface area contributed by atoms with Gasteiger partial charge in [-0.3, -0.25) is 0 Å². The Hall–Kier alpha value is -1.65. The molecule has 0 amide bonds. The zero-order valence-corrected chi connectivity index (χ0v) is 12.4. The van der Waals surface area contributed by atoms with Crippen molar-refractivity contribution in [3.63, 3.8) is 0 Å². The number of hydrogen-bond donors (Lipinski definition) is 1. The molecule has 0 aliphatic rings. The molecule has 0 radical (unpaired) electrons. The molecule has 2 aromatic rings. The van der Waals surface area contributed by atoms with E-state index >= 15 is 0 Å². The Kier molecular flexibility index (Phi) is 4.93. The Bertz CT molecular complexity index is 588. The first-order valence-corrected chi connectivity index (χ1v) is 6.95. The van der Waals surface area contributed by atoms with Crippen LogP contribution in [-0.2, 0) is 13.2 Å².